The second-order valence-electron chi connectivity index (χ2n) is 3.94. The molecule has 0 saturated carbocycles. The molecule has 0 amide bonds. The Bertz CT molecular complexity index is 540. The molecule has 0 bridgehead atoms. The van der Waals surface area contributed by atoms with Crippen LogP contribution in [-0.2, 0) is 11.2 Å². The lowest BCUT2D eigenvalue weighted by Gasteiger charge is -1.99. The van der Waals surface area contributed by atoms with Gasteiger partial charge in [0.15, 0.2) is 5.89 Å². The summed E-state index contributed by atoms with van der Waals surface area (Å²) in [7, 11) is 0. The van der Waals surface area contributed by atoms with E-state index in [2.05, 4.69) is 4.98 Å². The molecule has 0 atom stereocenters. The molecule has 2 aromatic rings. The Morgan fingerprint density at radius 2 is 1.94 bits per heavy atom. The Balaban J connectivity index is 2.43. The number of carbonyl (C=O) groups is 1. The van der Waals surface area contributed by atoms with E-state index in [1.807, 2.05) is 31.2 Å². The third kappa shape index (κ3) is 2.53. The summed E-state index contributed by atoms with van der Waals surface area (Å²) in [6, 6.07) is 7.75. The normalized spacial score (nSPS) is 10.5. The second kappa shape index (κ2) is 4.41. The molecule has 0 aliphatic carbocycles. The highest BCUT2D eigenvalue weighted by Gasteiger charge is 2.15. The van der Waals surface area contributed by atoms with Crippen molar-refractivity contribution in [1.29, 1.82) is 0 Å². The molecule has 0 aliphatic rings. The molecule has 0 radical (unpaired) electrons. The lowest BCUT2D eigenvalue weighted by molar-refractivity contribution is -0.136. The van der Waals surface area contributed by atoms with Gasteiger partial charge in [0.05, 0.1) is 0 Å². The lowest BCUT2D eigenvalue weighted by atomic mass is 10.1. The highest BCUT2D eigenvalue weighted by Crippen LogP contribution is 2.24. The first-order valence-corrected chi connectivity index (χ1v) is 5.31. The van der Waals surface area contributed by atoms with Crippen LogP contribution in [0.4, 0.5) is 0 Å². The van der Waals surface area contributed by atoms with Gasteiger partial charge in [0.25, 0.3) is 0 Å². The van der Waals surface area contributed by atoms with E-state index >= 15 is 0 Å². The van der Waals surface area contributed by atoms with Gasteiger partial charge < -0.3 is 9.52 Å². The topological polar surface area (TPSA) is 63.3 Å². The SMILES string of the molecule is Cc1ccc(-c2nc(C)oc2CC(=O)O)cc1. The molecule has 1 aromatic heterocycles. The van der Waals surface area contributed by atoms with Crippen molar-refractivity contribution >= 4 is 5.97 Å². The molecule has 0 spiro atoms. The van der Waals surface area contributed by atoms with Crippen molar-refractivity contribution in [2.75, 3.05) is 0 Å². The van der Waals surface area contributed by atoms with E-state index in [9.17, 15) is 4.79 Å². The maximum atomic E-state index is 10.7. The van der Waals surface area contributed by atoms with Crippen LogP contribution in [0.3, 0.4) is 0 Å². The predicted molar refractivity (Wildman–Crippen MR) is 62.8 cm³/mol. The third-order valence-electron chi connectivity index (χ3n) is 2.44. The Hall–Kier alpha value is -2.10. The van der Waals surface area contributed by atoms with Gasteiger partial charge >= 0.3 is 5.97 Å². The fraction of sp³-hybridized carbons (Fsp3) is 0.231. The largest absolute Gasteiger partial charge is 0.481 e. The number of aromatic nitrogens is 1. The molecule has 17 heavy (non-hydrogen) atoms. The maximum Gasteiger partial charge on any atom is 0.311 e. The molecule has 0 aliphatic heterocycles. The van der Waals surface area contributed by atoms with Crippen LogP contribution < -0.4 is 0 Å². The first-order valence-electron chi connectivity index (χ1n) is 5.31. The molecule has 1 aromatic carbocycles. The molecule has 1 heterocycles. The van der Waals surface area contributed by atoms with Crippen molar-refractivity contribution in [2.45, 2.75) is 20.3 Å². The molecule has 0 unspecified atom stereocenters. The van der Waals surface area contributed by atoms with Gasteiger partial charge in [-0.2, -0.15) is 0 Å². The Kier molecular flexibility index (Phi) is 2.95. The molecular weight excluding hydrogens is 218 g/mol. The standard InChI is InChI=1S/C13H13NO3/c1-8-3-5-10(6-4-8)13-11(7-12(15)16)17-9(2)14-13/h3-6H,7H2,1-2H3,(H,15,16). The van der Waals surface area contributed by atoms with Gasteiger partial charge in [0.2, 0.25) is 0 Å². The summed E-state index contributed by atoms with van der Waals surface area (Å²) in [4.78, 5) is 15.0. The molecule has 4 heteroatoms. The summed E-state index contributed by atoms with van der Waals surface area (Å²) in [6.07, 6.45) is -0.149. The average Bonchev–Trinajstić information content (AvgIpc) is 2.59. The molecule has 1 N–H and O–H groups in total. The summed E-state index contributed by atoms with van der Waals surface area (Å²) in [5.41, 5.74) is 2.64. The minimum Gasteiger partial charge on any atom is -0.481 e. The molecule has 2 rings (SSSR count). The Labute approximate surface area is 98.9 Å². The number of benzene rings is 1. The smallest absolute Gasteiger partial charge is 0.311 e. The van der Waals surface area contributed by atoms with Crippen molar-refractivity contribution in [2.24, 2.45) is 0 Å². The number of aryl methyl sites for hydroxylation is 2. The van der Waals surface area contributed by atoms with Crippen LogP contribution in [0, 0.1) is 13.8 Å². The Morgan fingerprint density at radius 1 is 1.29 bits per heavy atom. The van der Waals surface area contributed by atoms with Crippen LogP contribution in [0.2, 0.25) is 0 Å². The van der Waals surface area contributed by atoms with Crippen molar-refractivity contribution in [3.63, 3.8) is 0 Å². The number of nitrogens with zero attached hydrogens (tertiary/aromatic N) is 1. The summed E-state index contributed by atoms with van der Waals surface area (Å²) < 4.78 is 5.32. The monoisotopic (exact) mass is 231 g/mol. The van der Waals surface area contributed by atoms with Gasteiger partial charge in [0.1, 0.15) is 17.9 Å². The van der Waals surface area contributed by atoms with E-state index in [4.69, 9.17) is 9.52 Å². The minimum absolute atomic E-state index is 0.149. The maximum absolute atomic E-state index is 10.7. The van der Waals surface area contributed by atoms with E-state index in [0.717, 1.165) is 11.1 Å². The molecular formula is C13H13NO3. The van der Waals surface area contributed by atoms with Crippen molar-refractivity contribution in [1.82, 2.24) is 4.98 Å². The van der Waals surface area contributed by atoms with Crippen molar-refractivity contribution < 1.29 is 14.3 Å². The predicted octanol–water partition coefficient (Wildman–Crippen LogP) is 2.59. The number of hydrogen-bond acceptors (Lipinski definition) is 3. The molecule has 4 nitrogen and oxygen atoms in total. The van der Waals surface area contributed by atoms with E-state index in [-0.39, 0.29) is 6.42 Å². The minimum atomic E-state index is -0.922. The van der Waals surface area contributed by atoms with Gasteiger partial charge in [-0.1, -0.05) is 29.8 Å². The molecule has 88 valence electrons. The fourth-order valence-corrected chi connectivity index (χ4v) is 1.66. The van der Waals surface area contributed by atoms with E-state index in [1.54, 1.807) is 6.92 Å². The fourth-order valence-electron chi connectivity index (χ4n) is 1.66. The number of oxazole rings is 1. The van der Waals surface area contributed by atoms with E-state index in [1.165, 1.54) is 0 Å². The number of aliphatic carboxylic acids is 1. The van der Waals surface area contributed by atoms with Gasteiger partial charge in [0, 0.05) is 12.5 Å². The zero-order valence-electron chi connectivity index (χ0n) is 9.73. The van der Waals surface area contributed by atoms with Gasteiger partial charge in [-0.15, -0.1) is 0 Å². The van der Waals surface area contributed by atoms with Crippen LogP contribution in [0.5, 0.6) is 0 Å². The van der Waals surface area contributed by atoms with Crippen molar-refractivity contribution in [3.8, 4) is 11.3 Å². The quantitative estimate of drug-likeness (QED) is 0.881. The molecule has 0 saturated heterocycles. The average molecular weight is 231 g/mol. The van der Waals surface area contributed by atoms with E-state index < -0.39 is 5.97 Å². The molecule has 0 fully saturated rings. The van der Waals surface area contributed by atoms with Crippen LogP contribution >= 0.6 is 0 Å². The van der Waals surface area contributed by atoms with Gasteiger partial charge in [-0.25, -0.2) is 4.98 Å². The third-order valence-corrected chi connectivity index (χ3v) is 2.44. The number of carboxylic acids is 1. The summed E-state index contributed by atoms with van der Waals surface area (Å²) in [6.45, 7) is 3.71. The van der Waals surface area contributed by atoms with Crippen LogP contribution in [0.1, 0.15) is 17.2 Å². The zero-order valence-corrected chi connectivity index (χ0v) is 9.73. The van der Waals surface area contributed by atoms with E-state index in [0.29, 0.717) is 17.3 Å². The summed E-state index contributed by atoms with van der Waals surface area (Å²) in [5, 5.41) is 8.80. The number of carboxylic acid groups (broad SMARTS) is 1. The first kappa shape index (κ1) is 11.4. The van der Waals surface area contributed by atoms with Crippen molar-refractivity contribution in [3.05, 3.63) is 41.5 Å². The highest BCUT2D eigenvalue weighted by atomic mass is 16.4. The second-order valence-corrected chi connectivity index (χ2v) is 3.94. The summed E-state index contributed by atoms with van der Waals surface area (Å²) in [5.74, 6) is -0.0369. The van der Waals surface area contributed by atoms with Crippen LogP contribution in [0.25, 0.3) is 11.3 Å². The number of hydrogen-bond donors (Lipinski definition) is 1. The lowest BCUT2D eigenvalue weighted by Crippen LogP contribution is -2.00. The van der Waals surface area contributed by atoms with Gasteiger partial charge in [-0.3, -0.25) is 4.79 Å². The van der Waals surface area contributed by atoms with Crippen LogP contribution in [0.15, 0.2) is 28.7 Å². The summed E-state index contributed by atoms with van der Waals surface area (Å²) >= 11 is 0. The highest BCUT2D eigenvalue weighted by molar-refractivity contribution is 5.73. The van der Waals surface area contributed by atoms with Crippen LogP contribution in [-0.4, -0.2) is 16.1 Å². The van der Waals surface area contributed by atoms with Gasteiger partial charge in [-0.05, 0) is 6.92 Å². The zero-order chi connectivity index (χ0) is 12.4. The first-order chi connectivity index (χ1) is 8.06. The number of rotatable bonds is 3. The Morgan fingerprint density at radius 3 is 2.53 bits per heavy atom.